The Labute approximate surface area is 252 Å². The zero-order chi connectivity index (χ0) is 29.6. The van der Waals surface area contributed by atoms with E-state index in [-0.39, 0.29) is 12.4 Å². The summed E-state index contributed by atoms with van der Waals surface area (Å²) in [6, 6.07) is 28.4. The first-order valence-electron chi connectivity index (χ1n) is 14.9. The minimum Gasteiger partial charge on any atom is -0.481 e. The van der Waals surface area contributed by atoms with Gasteiger partial charge in [0.1, 0.15) is 11.6 Å². The van der Waals surface area contributed by atoms with E-state index in [1.807, 2.05) is 42.5 Å². The number of unbranched alkanes of at least 4 members (excludes halogenated alkanes) is 1. The summed E-state index contributed by atoms with van der Waals surface area (Å²) in [7, 11) is 1.64. The molecule has 222 valence electrons. The fourth-order valence-electron chi connectivity index (χ4n) is 6.29. The van der Waals surface area contributed by atoms with Crippen molar-refractivity contribution in [3.8, 4) is 17.0 Å². The molecule has 43 heavy (non-hydrogen) atoms. The molecule has 2 heterocycles. The van der Waals surface area contributed by atoms with Crippen molar-refractivity contribution in [3.05, 3.63) is 114 Å². The molecule has 1 saturated heterocycles. The van der Waals surface area contributed by atoms with Gasteiger partial charge in [0, 0.05) is 49.9 Å². The summed E-state index contributed by atoms with van der Waals surface area (Å²) < 4.78 is 25.0. The number of fused-ring (bicyclic) bond motifs is 3. The van der Waals surface area contributed by atoms with Gasteiger partial charge in [-0.2, -0.15) is 4.98 Å². The molecule has 1 aliphatic heterocycles. The highest BCUT2D eigenvalue weighted by Gasteiger charge is 2.46. The number of rotatable bonds is 10. The second kappa shape index (κ2) is 12.8. The van der Waals surface area contributed by atoms with E-state index < -0.39 is 11.7 Å². The van der Waals surface area contributed by atoms with Crippen LogP contribution in [0.4, 0.5) is 15.0 Å². The third-order valence-corrected chi connectivity index (χ3v) is 8.50. The van der Waals surface area contributed by atoms with Crippen LogP contribution in [0, 0.1) is 5.82 Å². The molecule has 7 nitrogen and oxygen atoms in total. The zero-order valence-corrected chi connectivity index (χ0v) is 24.5. The molecular weight excluding hydrogens is 543 g/mol. The molecule has 2 aliphatic rings. The number of hydrogen-bond donors (Lipinski definition) is 1. The molecule has 0 spiro atoms. The average Bonchev–Trinajstić information content (AvgIpc) is 3.32. The molecular formula is C35H37FN4O3. The van der Waals surface area contributed by atoms with Gasteiger partial charge >= 0.3 is 6.09 Å². The lowest BCUT2D eigenvalue weighted by Crippen LogP contribution is -2.47. The summed E-state index contributed by atoms with van der Waals surface area (Å²) >= 11 is 0. The lowest BCUT2D eigenvalue weighted by Gasteiger charge is -2.36. The number of carbonyl (C=O) groups excluding carboxylic acids is 1. The van der Waals surface area contributed by atoms with Gasteiger partial charge in [-0.3, -0.25) is 4.90 Å². The van der Waals surface area contributed by atoms with Crippen LogP contribution in [0.3, 0.4) is 0 Å². The van der Waals surface area contributed by atoms with Crippen LogP contribution in [0.5, 0.6) is 5.88 Å². The normalized spacial score (nSPS) is 15.4. The van der Waals surface area contributed by atoms with Gasteiger partial charge in [0.2, 0.25) is 5.88 Å². The minimum atomic E-state index is -0.878. The second-order valence-electron chi connectivity index (χ2n) is 11.1. The Balaban J connectivity index is 1.11. The van der Waals surface area contributed by atoms with Gasteiger partial charge in [0.25, 0.3) is 0 Å². The van der Waals surface area contributed by atoms with Crippen LogP contribution in [-0.2, 0) is 16.9 Å². The molecule has 1 N–H and O–H groups in total. The number of nitrogens with zero attached hydrogens (tertiary/aromatic N) is 3. The van der Waals surface area contributed by atoms with E-state index in [9.17, 15) is 9.18 Å². The largest absolute Gasteiger partial charge is 0.481 e. The zero-order valence-electron chi connectivity index (χ0n) is 24.5. The number of nitrogens with one attached hydrogen (secondary N) is 1. The monoisotopic (exact) mass is 580 g/mol. The summed E-state index contributed by atoms with van der Waals surface area (Å²) in [6.45, 7) is 5.02. The van der Waals surface area contributed by atoms with Gasteiger partial charge in [-0.15, -0.1) is 0 Å². The molecule has 1 aliphatic carbocycles. The number of pyridine rings is 1. The molecule has 8 heteroatoms. The fraction of sp³-hybridized carbons (Fsp3) is 0.314. The predicted molar refractivity (Wildman–Crippen MR) is 166 cm³/mol. The Morgan fingerprint density at radius 3 is 2.21 bits per heavy atom. The van der Waals surface area contributed by atoms with E-state index >= 15 is 0 Å². The molecule has 1 fully saturated rings. The van der Waals surface area contributed by atoms with Gasteiger partial charge in [-0.05, 0) is 60.7 Å². The number of aromatic nitrogens is 1. The summed E-state index contributed by atoms with van der Waals surface area (Å²) in [5.41, 5.74) is 4.18. The summed E-state index contributed by atoms with van der Waals surface area (Å²) in [5.74, 6) is 1.28. The van der Waals surface area contributed by atoms with Crippen molar-refractivity contribution in [2.45, 2.75) is 31.4 Å². The molecule has 3 aromatic carbocycles. The maximum atomic E-state index is 13.3. The number of halogens is 1. The van der Waals surface area contributed by atoms with Crippen LogP contribution in [0.2, 0.25) is 0 Å². The van der Waals surface area contributed by atoms with Gasteiger partial charge in [0.05, 0.1) is 7.11 Å². The fourth-order valence-corrected chi connectivity index (χ4v) is 6.29. The molecule has 1 amide bonds. The second-order valence-corrected chi connectivity index (χ2v) is 11.1. The Bertz CT molecular complexity index is 1510. The quantitative estimate of drug-likeness (QED) is 0.220. The Kier molecular flexibility index (Phi) is 8.56. The number of hydrogen-bond acceptors (Lipinski definition) is 6. The molecule has 0 atom stereocenters. The van der Waals surface area contributed by atoms with Crippen molar-refractivity contribution >= 4 is 11.9 Å². The first-order valence-corrected chi connectivity index (χ1v) is 14.9. The van der Waals surface area contributed by atoms with E-state index in [2.05, 4.69) is 44.4 Å². The third kappa shape index (κ3) is 6.20. The molecule has 6 rings (SSSR count). The molecule has 0 unspecified atom stereocenters. The number of alkyl carbamates (subject to hydrolysis) is 1. The SMILES string of the molecule is COc1cccc(N2CCN(CCCCC3(OC(=O)NCc4ccc(F)cc4)c4ccccc4-c4ccccc43)CC2)n1. The van der Waals surface area contributed by atoms with Gasteiger partial charge in [0.15, 0.2) is 5.60 Å². The average molecular weight is 581 g/mol. The van der Waals surface area contributed by atoms with E-state index in [0.717, 1.165) is 79.2 Å². The number of methoxy groups -OCH3 is 1. The summed E-state index contributed by atoms with van der Waals surface area (Å²) in [4.78, 5) is 22.7. The van der Waals surface area contributed by atoms with E-state index in [4.69, 9.17) is 9.47 Å². The maximum Gasteiger partial charge on any atom is 0.408 e. The third-order valence-electron chi connectivity index (χ3n) is 8.50. The number of amides is 1. The van der Waals surface area contributed by atoms with Crippen LogP contribution in [0.25, 0.3) is 11.1 Å². The van der Waals surface area contributed by atoms with Gasteiger partial charge in [-0.1, -0.05) is 66.7 Å². The highest BCUT2D eigenvalue weighted by atomic mass is 19.1. The van der Waals surface area contributed by atoms with Crippen LogP contribution in [-0.4, -0.2) is 55.8 Å². The van der Waals surface area contributed by atoms with Crippen LogP contribution >= 0.6 is 0 Å². The number of benzene rings is 3. The Morgan fingerprint density at radius 2 is 1.53 bits per heavy atom. The van der Waals surface area contributed by atoms with Crippen LogP contribution in [0.15, 0.2) is 91.0 Å². The lowest BCUT2D eigenvalue weighted by molar-refractivity contribution is 0.0325. The van der Waals surface area contributed by atoms with Crippen molar-refractivity contribution in [2.24, 2.45) is 0 Å². The van der Waals surface area contributed by atoms with Crippen molar-refractivity contribution in [1.29, 1.82) is 0 Å². The lowest BCUT2D eigenvalue weighted by atomic mass is 9.86. The topological polar surface area (TPSA) is 66.9 Å². The van der Waals surface area contributed by atoms with E-state index in [1.165, 1.54) is 12.1 Å². The summed E-state index contributed by atoms with van der Waals surface area (Å²) in [6.07, 6.45) is 2.08. The summed E-state index contributed by atoms with van der Waals surface area (Å²) in [5, 5.41) is 2.89. The van der Waals surface area contributed by atoms with Crippen molar-refractivity contribution < 1.29 is 18.7 Å². The van der Waals surface area contributed by atoms with Gasteiger partial charge in [-0.25, -0.2) is 9.18 Å². The number of carbonyl (C=O) groups is 1. The molecule has 0 bridgehead atoms. The predicted octanol–water partition coefficient (Wildman–Crippen LogP) is 6.37. The minimum absolute atomic E-state index is 0.260. The van der Waals surface area contributed by atoms with Crippen LogP contribution < -0.4 is 15.0 Å². The Morgan fingerprint density at radius 1 is 0.860 bits per heavy atom. The Hall–Kier alpha value is -4.43. The number of anilines is 1. The molecule has 1 aromatic heterocycles. The van der Waals surface area contributed by atoms with E-state index in [0.29, 0.717) is 12.3 Å². The van der Waals surface area contributed by atoms with Crippen molar-refractivity contribution in [2.75, 3.05) is 44.7 Å². The highest BCUT2D eigenvalue weighted by Crippen LogP contribution is 2.52. The van der Waals surface area contributed by atoms with Crippen LogP contribution in [0.1, 0.15) is 36.0 Å². The molecule has 0 saturated carbocycles. The number of piperazine rings is 1. The van der Waals surface area contributed by atoms with Crippen molar-refractivity contribution in [1.82, 2.24) is 15.2 Å². The van der Waals surface area contributed by atoms with Crippen molar-refractivity contribution in [3.63, 3.8) is 0 Å². The molecule has 0 radical (unpaired) electrons. The number of ether oxygens (including phenoxy) is 2. The first-order chi connectivity index (χ1) is 21.1. The first kappa shape index (κ1) is 28.7. The molecule has 4 aromatic rings. The highest BCUT2D eigenvalue weighted by molar-refractivity contribution is 5.82. The maximum absolute atomic E-state index is 13.3. The standard InChI is InChI=1S/C35H37FN4O3/c1-42-33-14-8-13-32(38-33)40-23-21-39(22-24-40)20-7-6-19-35(43-34(41)37-25-26-15-17-27(36)18-16-26)30-11-4-2-9-28(30)29-10-3-5-12-31(29)35/h2-5,8-18H,6-7,19-25H2,1H3,(H,37,41). The van der Waals surface area contributed by atoms with E-state index in [1.54, 1.807) is 19.2 Å². The van der Waals surface area contributed by atoms with Gasteiger partial charge < -0.3 is 19.7 Å². The smallest absolute Gasteiger partial charge is 0.408 e.